The topological polar surface area (TPSA) is 62.2 Å². The predicted octanol–water partition coefficient (Wildman–Crippen LogP) is 2.35. The van der Waals surface area contributed by atoms with Gasteiger partial charge in [0, 0.05) is 32.7 Å². The maximum absolute atomic E-state index is 11.7. The van der Waals surface area contributed by atoms with Crippen LogP contribution in [-0.4, -0.2) is 79.1 Å². The zero-order valence-corrected chi connectivity index (χ0v) is 16.9. The molecule has 150 valence electrons. The zero-order valence-electron chi connectivity index (χ0n) is 16.9. The minimum Gasteiger partial charge on any atom is -0.450 e. The van der Waals surface area contributed by atoms with E-state index >= 15 is 0 Å². The van der Waals surface area contributed by atoms with Gasteiger partial charge in [0.15, 0.2) is 0 Å². The Balaban J connectivity index is 1.39. The Bertz CT molecular complexity index is 504. The third kappa shape index (κ3) is 3.60. The molecule has 1 heterocycles. The summed E-state index contributed by atoms with van der Waals surface area (Å²) < 4.78 is 11.3. The largest absolute Gasteiger partial charge is 0.450 e. The molecule has 0 radical (unpaired) electrons. The number of piperazine rings is 1. The van der Waals surface area contributed by atoms with Gasteiger partial charge in [0.05, 0.1) is 25.4 Å². The van der Waals surface area contributed by atoms with E-state index in [1.165, 1.54) is 12.8 Å². The van der Waals surface area contributed by atoms with Crippen LogP contribution < -0.4 is 0 Å². The highest BCUT2D eigenvalue weighted by Crippen LogP contribution is 2.66. The molecule has 3 rings (SSSR count). The van der Waals surface area contributed by atoms with Crippen LogP contribution in [-0.2, 0) is 9.47 Å². The van der Waals surface area contributed by atoms with Gasteiger partial charge in [-0.25, -0.2) is 4.79 Å². The SMILES string of the molecule is CCOC(=O)N1CCN(C[C@H](O)CO[C@@H]2C[C@H]3CC[C@@]2(C)C3(C)C)CC1. The summed E-state index contributed by atoms with van der Waals surface area (Å²) >= 11 is 0. The number of hydrogen-bond acceptors (Lipinski definition) is 5. The molecule has 2 aliphatic carbocycles. The average molecular weight is 369 g/mol. The van der Waals surface area contributed by atoms with Crippen LogP contribution in [0.25, 0.3) is 0 Å². The van der Waals surface area contributed by atoms with E-state index in [1.807, 2.05) is 6.92 Å². The monoisotopic (exact) mass is 368 g/mol. The summed E-state index contributed by atoms with van der Waals surface area (Å²) in [5, 5.41) is 10.4. The zero-order chi connectivity index (χ0) is 18.9. The summed E-state index contributed by atoms with van der Waals surface area (Å²) in [7, 11) is 0. The summed E-state index contributed by atoms with van der Waals surface area (Å²) in [5.74, 6) is 0.755. The number of carbonyl (C=O) groups is 1. The molecule has 1 N–H and O–H groups in total. The van der Waals surface area contributed by atoms with Gasteiger partial charge < -0.3 is 19.5 Å². The Hall–Kier alpha value is -0.850. The van der Waals surface area contributed by atoms with Gasteiger partial charge in [-0.1, -0.05) is 20.8 Å². The minimum atomic E-state index is -0.477. The Morgan fingerprint density at radius 1 is 1.23 bits per heavy atom. The summed E-state index contributed by atoms with van der Waals surface area (Å²) in [4.78, 5) is 15.7. The Morgan fingerprint density at radius 2 is 1.92 bits per heavy atom. The number of carbonyl (C=O) groups excluding carboxylic acids is 1. The molecule has 1 amide bonds. The fraction of sp³-hybridized carbons (Fsp3) is 0.950. The number of aliphatic hydroxyl groups is 1. The Morgan fingerprint density at radius 3 is 2.46 bits per heavy atom. The first-order valence-corrected chi connectivity index (χ1v) is 10.2. The number of amides is 1. The van der Waals surface area contributed by atoms with Crippen molar-refractivity contribution in [2.24, 2.45) is 16.7 Å². The molecular weight excluding hydrogens is 332 g/mol. The Kier molecular flexibility index (Phi) is 5.85. The van der Waals surface area contributed by atoms with Crippen LogP contribution in [0.3, 0.4) is 0 Å². The van der Waals surface area contributed by atoms with E-state index in [2.05, 4.69) is 25.7 Å². The van der Waals surface area contributed by atoms with E-state index in [9.17, 15) is 9.90 Å². The molecule has 3 fully saturated rings. The lowest BCUT2D eigenvalue weighted by Gasteiger charge is -2.39. The molecule has 0 spiro atoms. The number of nitrogens with zero attached hydrogens (tertiary/aromatic N) is 2. The molecule has 0 aromatic rings. The molecular formula is C20H36N2O4. The summed E-state index contributed by atoms with van der Waals surface area (Å²) in [6.45, 7) is 13.2. The van der Waals surface area contributed by atoms with Gasteiger partial charge >= 0.3 is 6.09 Å². The second-order valence-electron chi connectivity index (χ2n) is 9.07. The van der Waals surface area contributed by atoms with Crippen molar-refractivity contribution >= 4 is 6.09 Å². The van der Waals surface area contributed by atoms with Gasteiger partial charge in [0.1, 0.15) is 0 Å². The lowest BCUT2D eigenvalue weighted by Crippen LogP contribution is -2.51. The predicted molar refractivity (Wildman–Crippen MR) is 100 cm³/mol. The highest BCUT2D eigenvalue weighted by atomic mass is 16.6. The summed E-state index contributed by atoms with van der Waals surface area (Å²) in [6.07, 6.45) is 3.25. The first kappa shape index (κ1) is 19.9. The molecule has 0 aromatic carbocycles. The van der Waals surface area contributed by atoms with Crippen molar-refractivity contribution in [3.05, 3.63) is 0 Å². The number of β-amino-alcohol motifs (C(OH)–C–C–N with tert-alkyl or cyclic N) is 1. The molecule has 2 bridgehead atoms. The maximum atomic E-state index is 11.7. The molecule has 4 atom stereocenters. The smallest absolute Gasteiger partial charge is 0.409 e. The van der Waals surface area contributed by atoms with E-state index in [0.717, 1.165) is 25.4 Å². The van der Waals surface area contributed by atoms with Crippen molar-refractivity contribution in [3.63, 3.8) is 0 Å². The molecule has 3 aliphatic rings. The average Bonchev–Trinajstić information content (AvgIpc) is 2.94. The highest BCUT2D eigenvalue weighted by Gasteiger charge is 2.61. The fourth-order valence-corrected chi connectivity index (χ4v) is 5.29. The first-order valence-electron chi connectivity index (χ1n) is 10.2. The van der Waals surface area contributed by atoms with Crippen molar-refractivity contribution in [2.45, 2.75) is 59.2 Å². The van der Waals surface area contributed by atoms with E-state index in [-0.39, 0.29) is 17.6 Å². The van der Waals surface area contributed by atoms with Gasteiger partial charge in [0.2, 0.25) is 0 Å². The van der Waals surface area contributed by atoms with Gasteiger partial charge in [-0.2, -0.15) is 0 Å². The van der Waals surface area contributed by atoms with Crippen LogP contribution in [0.2, 0.25) is 0 Å². The standard InChI is InChI=1S/C20H36N2O4/c1-5-25-18(24)22-10-8-21(9-11-22)13-16(23)14-26-17-12-15-6-7-20(17,4)19(15,2)3/h15-17,23H,5-14H2,1-4H3/t15-,16+,17-,20-/m1/s1. The van der Waals surface area contributed by atoms with Gasteiger partial charge in [0.25, 0.3) is 0 Å². The van der Waals surface area contributed by atoms with Crippen LogP contribution in [0.4, 0.5) is 4.79 Å². The van der Waals surface area contributed by atoms with Crippen molar-refractivity contribution in [2.75, 3.05) is 45.9 Å². The van der Waals surface area contributed by atoms with E-state index in [4.69, 9.17) is 9.47 Å². The van der Waals surface area contributed by atoms with E-state index in [0.29, 0.717) is 38.3 Å². The summed E-state index contributed by atoms with van der Waals surface area (Å²) in [6, 6.07) is 0. The summed E-state index contributed by atoms with van der Waals surface area (Å²) in [5.41, 5.74) is 0.578. The lowest BCUT2D eigenvalue weighted by atomic mass is 9.70. The molecule has 2 saturated carbocycles. The molecule has 1 aliphatic heterocycles. The molecule has 26 heavy (non-hydrogen) atoms. The minimum absolute atomic E-state index is 0.233. The molecule has 0 unspecified atom stereocenters. The number of rotatable bonds is 6. The highest BCUT2D eigenvalue weighted by molar-refractivity contribution is 5.67. The van der Waals surface area contributed by atoms with Gasteiger partial charge in [-0.3, -0.25) is 4.90 Å². The molecule has 6 nitrogen and oxygen atoms in total. The molecule has 1 saturated heterocycles. The second-order valence-corrected chi connectivity index (χ2v) is 9.07. The second kappa shape index (κ2) is 7.64. The number of aliphatic hydroxyl groups excluding tert-OH is 1. The van der Waals surface area contributed by atoms with Crippen LogP contribution in [0.5, 0.6) is 0 Å². The van der Waals surface area contributed by atoms with E-state index in [1.54, 1.807) is 4.90 Å². The van der Waals surface area contributed by atoms with Gasteiger partial charge in [-0.15, -0.1) is 0 Å². The lowest BCUT2D eigenvalue weighted by molar-refractivity contribution is -0.0805. The van der Waals surface area contributed by atoms with E-state index < -0.39 is 6.10 Å². The van der Waals surface area contributed by atoms with Crippen LogP contribution in [0, 0.1) is 16.7 Å². The number of hydrogen-bond donors (Lipinski definition) is 1. The quantitative estimate of drug-likeness (QED) is 0.780. The maximum Gasteiger partial charge on any atom is 0.409 e. The first-order chi connectivity index (χ1) is 12.3. The fourth-order valence-electron chi connectivity index (χ4n) is 5.29. The number of fused-ring (bicyclic) bond motifs is 2. The van der Waals surface area contributed by atoms with Crippen molar-refractivity contribution in [1.29, 1.82) is 0 Å². The Labute approximate surface area is 157 Å². The normalized spacial score (nSPS) is 34.9. The van der Waals surface area contributed by atoms with Crippen LogP contribution in [0.1, 0.15) is 47.0 Å². The molecule has 0 aromatic heterocycles. The third-order valence-corrected chi connectivity index (χ3v) is 7.57. The van der Waals surface area contributed by atoms with Crippen LogP contribution in [0.15, 0.2) is 0 Å². The number of ether oxygens (including phenoxy) is 2. The molecule has 6 heteroatoms. The van der Waals surface area contributed by atoms with Gasteiger partial charge in [-0.05, 0) is 42.9 Å². The van der Waals surface area contributed by atoms with Crippen molar-refractivity contribution in [3.8, 4) is 0 Å². The van der Waals surface area contributed by atoms with Crippen molar-refractivity contribution in [1.82, 2.24) is 9.80 Å². The van der Waals surface area contributed by atoms with Crippen LogP contribution >= 0.6 is 0 Å². The van der Waals surface area contributed by atoms with Crippen molar-refractivity contribution < 1.29 is 19.4 Å². The third-order valence-electron chi connectivity index (χ3n) is 7.57.